The summed E-state index contributed by atoms with van der Waals surface area (Å²) in [6, 6.07) is 9.11. The summed E-state index contributed by atoms with van der Waals surface area (Å²) in [6.45, 7) is 0.607. The molecule has 0 saturated heterocycles. The normalized spacial score (nSPS) is 10.6. The molecule has 2 N–H and O–H groups in total. The van der Waals surface area contributed by atoms with E-state index in [1.807, 2.05) is 28.8 Å². The first-order chi connectivity index (χ1) is 8.60. The van der Waals surface area contributed by atoms with Crippen molar-refractivity contribution in [2.24, 2.45) is 0 Å². The summed E-state index contributed by atoms with van der Waals surface area (Å²) in [7, 11) is 0. The van der Waals surface area contributed by atoms with Crippen molar-refractivity contribution >= 4 is 21.9 Å². The number of carbonyl (C=O) groups is 1. The number of halogens is 1. The molecule has 0 saturated carbocycles. The van der Waals surface area contributed by atoms with Crippen molar-refractivity contribution in [2.45, 2.75) is 13.2 Å². The molecule has 0 aliphatic rings. The molecule has 1 aromatic heterocycles. The van der Waals surface area contributed by atoms with Crippen molar-refractivity contribution in [1.82, 2.24) is 4.57 Å². The Hall–Kier alpha value is -1.59. The van der Waals surface area contributed by atoms with Crippen LogP contribution in [0, 0.1) is 0 Å². The van der Waals surface area contributed by atoms with Crippen molar-refractivity contribution < 1.29 is 15.0 Å². The van der Waals surface area contributed by atoms with E-state index < -0.39 is 5.97 Å². The van der Waals surface area contributed by atoms with Gasteiger partial charge in [-0.2, -0.15) is 0 Å². The van der Waals surface area contributed by atoms with E-state index in [1.165, 1.54) is 0 Å². The lowest BCUT2D eigenvalue weighted by atomic mass is 10.1. The summed E-state index contributed by atoms with van der Waals surface area (Å²) >= 11 is 3.33. The molecule has 0 spiro atoms. The Balaban J connectivity index is 2.19. The third-order valence-corrected chi connectivity index (χ3v) is 3.33. The molecular formula is C13H12BrNO3. The Labute approximate surface area is 113 Å². The highest BCUT2D eigenvalue weighted by molar-refractivity contribution is 9.10. The Morgan fingerprint density at radius 1 is 1.22 bits per heavy atom. The van der Waals surface area contributed by atoms with Gasteiger partial charge in [0.1, 0.15) is 0 Å². The van der Waals surface area contributed by atoms with Gasteiger partial charge in [-0.05, 0) is 33.1 Å². The van der Waals surface area contributed by atoms with Crippen LogP contribution in [0.25, 0.3) is 0 Å². The number of aromatic carboxylic acids is 1. The van der Waals surface area contributed by atoms with Crippen LogP contribution < -0.4 is 0 Å². The van der Waals surface area contributed by atoms with Crippen molar-refractivity contribution in [3.8, 4) is 0 Å². The Kier molecular flexibility index (Phi) is 3.84. The highest BCUT2D eigenvalue weighted by Gasteiger charge is 2.09. The highest BCUT2D eigenvalue weighted by atomic mass is 79.9. The minimum absolute atomic E-state index is 0.0245. The van der Waals surface area contributed by atoms with E-state index in [0.29, 0.717) is 6.54 Å². The van der Waals surface area contributed by atoms with Gasteiger partial charge < -0.3 is 14.8 Å². The number of aliphatic hydroxyl groups excluding tert-OH is 1. The number of nitrogens with zero attached hydrogens (tertiary/aromatic N) is 1. The topological polar surface area (TPSA) is 62.5 Å². The van der Waals surface area contributed by atoms with Gasteiger partial charge in [0.2, 0.25) is 0 Å². The van der Waals surface area contributed by atoms with Gasteiger partial charge in [-0.25, -0.2) is 4.79 Å². The largest absolute Gasteiger partial charge is 0.478 e. The van der Waals surface area contributed by atoms with Crippen LogP contribution in [0.4, 0.5) is 0 Å². The van der Waals surface area contributed by atoms with E-state index in [1.54, 1.807) is 12.3 Å². The number of aromatic nitrogens is 1. The average molecular weight is 310 g/mol. The van der Waals surface area contributed by atoms with E-state index >= 15 is 0 Å². The molecule has 0 aliphatic carbocycles. The zero-order valence-electron chi connectivity index (χ0n) is 9.51. The van der Waals surface area contributed by atoms with Crippen LogP contribution in [0.2, 0.25) is 0 Å². The number of hydrogen-bond acceptors (Lipinski definition) is 2. The number of aliphatic hydroxyl groups is 1. The zero-order valence-corrected chi connectivity index (χ0v) is 11.1. The molecule has 2 rings (SSSR count). The third-order valence-electron chi connectivity index (χ3n) is 2.65. The number of carboxylic acid groups (broad SMARTS) is 1. The maximum Gasteiger partial charge on any atom is 0.337 e. The summed E-state index contributed by atoms with van der Waals surface area (Å²) in [5.41, 5.74) is 2.16. The molecule has 0 unspecified atom stereocenters. The van der Waals surface area contributed by atoms with Crippen LogP contribution >= 0.6 is 15.9 Å². The van der Waals surface area contributed by atoms with Gasteiger partial charge in [-0.15, -0.1) is 0 Å². The van der Waals surface area contributed by atoms with E-state index in [9.17, 15) is 4.79 Å². The van der Waals surface area contributed by atoms with E-state index in [-0.39, 0.29) is 12.2 Å². The molecule has 0 aliphatic heterocycles. The van der Waals surface area contributed by atoms with Crippen molar-refractivity contribution in [3.05, 3.63) is 57.8 Å². The fourth-order valence-electron chi connectivity index (χ4n) is 1.66. The maximum absolute atomic E-state index is 10.8. The Bertz CT molecular complexity index is 560. The van der Waals surface area contributed by atoms with Crippen molar-refractivity contribution in [3.63, 3.8) is 0 Å². The molecule has 5 heteroatoms. The summed E-state index contributed by atoms with van der Waals surface area (Å²) in [4.78, 5) is 10.8. The van der Waals surface area contributed by atoms with E-state index in [4.69, 9.17) is 10.2 Å². The van der Waals surface area contributed by atoms with Gasteiger partial charge >= 0.3 is 5.97 Å². The van der Waals surface area contributed by atoms with Gasteiger partial charge in [-0.3, -0.25) is 0 Å². The summed E-state index contributed by atoms with van der Waals surface area (Å²) in [5.74, 6) is -0.940. The van der Waals surface area contributed by atoms with Crippen LogP contribution in [-0.4, -0.2) is 20.7 Å². The first kappa shape index (κ1) is 12.9. The fraction of sp³-hybridized carbons (Fsp3) is 0.154. The van der Waals surface area contributed by atoms with Crippen LogP contribution in [0.5, 0.6) is 0 Å². The lowest BCUT2D eigenvalue weighted by molar-refractivity contribution is 0.0697. The lowest BCUT2D eigenvalue weighted by Crippen LogP contribution is -1.99. The van der Waals surface area contributed by atoms with Gasteiger partial charge in [-0.1, -0.05) is 24.3 Å². The molecule has 2 aromatic rings. The van der Waals surface area contributed by atoms with E-state index in [2.05, 4.69) is 15.9 Å². The molecule has 94 valence electrons. The molecule has 0 amide bonds. The standard InChI is InChI=1S/C13H12BrNO3/c14-12-5-11(13(17)18)7-15(12)6-9-1-3-10(8-16)4-2-9/h1-5,7,16H,6,8H2,(H,17,18). The first-order valence-electron chi connectivity index (χ1n) is 5.38. The second kappa shape index (κ2) is 5.37. The molecule has 0 atom stereocenters. The first-order valence-corrected chi connectivity index (χ1v) is 6.17. The minimum Gasteiger partial charge on any atom is -0.478 e. The number of carboxylic acids is 1. The van der Waals surface area contributed by atoms with Gasteiger partial charge in [0.15, 0.2) is 0 Å². The summed E-state index contributed by atoms with van der Waals surface area (Å²) < 4.78 is 2.54. The van der Waals surface area contributed by atoms with Crippen molar-refractivity contribution in [2.75, 3.05) is 0 Å². The zero-order chi connectivity index (χ0) is 13.1. The smallest absolute Gasteiger partial charge is 0.337 e. The molecule has 1 aromatic carbocycles. The van der Waals surface area contributed by atoms with Crippen LogP contribution in [0.3, 0.4) is 0 Å². The maximum atomic E-state index is 10.8. The Morgan fingerprint density at radius 2 is 1.83 bits per heavy atom. The molecule has 1 heterocycles. The average Bonchev–Trinajstić information content (AvgIpc) is 2.72. The highest BCUT2D eigenvalue weighted by Crippen LogP contribution is 2.17. The van der Waals surface area contributed by atoms with Crippen LogP contribution in [0.15, 0.2) is 41.1 Å². The minimum atomic E-state index is -0.940. The molecule has 4 nitrogen and oxygen atoms in total. The molecular weight excluding hydrogens is 298 g/mol. The second-order valence-corrected chi connectivity index (χ2v) is 4.77. The number of hydrogen-bond donors (Lipinski definition) is 2. The Morgan fingerprint density at radius 3 is 2.33 bits per heavy atom. The molecule has 0 fully saturated rings. The van der Waals surface area contributed by atoms with E-state index in [0.717, 1.165) is 15.7 Å². The quantitative estimate of drug-likeness (QED) is 0.912. The number of rotatable bonds is 4. The fourth-order valence-corrected chi connectivity index (χ4v) is 2.14. The SMILES string of the molecule is O=C(O)c1cc(Br)n(Cc2ccc(CO)cc2)c1. The monoisotopic (exact) mass is 309 g/mol. The van der Waals surface area contributed by atoms with Gasteiger partial charge in [0, 0.05) is 12.7 Å². The van der Waals surface area contributed by atoms with Crippen LogP contribution in [0.1, 0.15) is 21.5 Å². The summed E-state index contributed by atoms with van der Waals surface area (Å²) in [6.07, 6.45) is 1.59. The predicted molar refractivity (Wildman–Crippen MR) is 70.6 cm³/mol. The van der Waals surface area contributed by atoms with Crippen LogP contribution in [-0.2, 0) is 13.2 Å². The number of benzene rings is 1. The molecule has 0 radical (unpaired) electrons. The van der Waals surface area contributed by atoms with Gasteiger partial charge in [0.25, 0.3) is 0 Å². The molecule has 18 heavy (non-hydrogen) atoms. The predicted octanol–water partition coefficient (Wildman–Crippen LogP) is 2.49. The van der Waals surface area contributed by atoms with Crippen molar-refractivity contribution in [1.29, 1.82) is 0 Å². The summed E-state index contributed by atoms with van der Waals surface area (Å²) in [5, 5.41) is 17.8. The lowest BCUT2D eigenvalue weighted by Gasteiger charge is -2.05. The molecule has 0 bridgehead atoms. The second-order valence-electron chi connectivity index (χ2n) is 3.96. The van der Waals surface area contributed by atoms with Gasteiger partial charge in [0.05, 0.1) is 16.8 Å². The third kappa shape index (κ3) is 2.80.